The van der Waals surface area contributed by atoms with Crippen LogP contribution in [0.1, 0.15) is 46.5 Å². The molecule has 1 heteroatoms. The largest absolute Gasteiger partial charge is 0.490 e. The molecule has 0 bridgehead atoms. The topological polar surface area (TPSA) is 9.23 Å². The molecule has 0 radical (unpaired) electrons. The van der Waals surface area contributed by atoms with Crippen LogP contribution in [0.25, 0.3) is 0 Å². The molecule has 1 aromatic carbocycles. The van der Waals surface area contributed by atoms with Crippen molar-refractivity contribution in [2.75, 3.05) is 0 Å². The van der Waals surface area contributed by atoms with E-state index >= 15 is 0 Å². The van der Waals surface area contributed by atoms with Gasteiger partial charge in [0.1, 0.15) is 5.75 Å². The molecule has 90 valence electrons. The van der Waals surface area contributed by atoms with E-state index in [1.165, 1.54) is 25.7 Å². The van der Waals surface area contributed by atoms with Crippen LogP contribution >= 0.6 is 0 Å². The third-order valence-corrected chi connectivity index (χ3v) is 2.93. The van der Waals surface area contributed by atoms with Crippen LogP contribution in [0.15, 0.2) is 30.3 Å². The fourth-order valence-corrected chi connectivity index (χ4v) is 2.18. The maximum atomic E-state index is 5.93. The molecule has 0 N–H and O–H groups in total. The van der Waals surface area contributed by atoms with Gasteiger partial charge in [-0.05, 0) is 37.3 Å². The third kappa shape index (κ3) is 4.26. The predicted octanol–water partition coefficient (Wildman–Crippen LogP) is 4.67. The Hall–Kier alpha value is -0.980. The molecule has 1 aliphatic rings. The maximum Gasteiger partial charge on any atom is 0.119 e. The second-order valence-corrected chi connectivity index (χ2v) is 4.32. The van der Waals surface area contributed by atoms with E-state index in [-0.39, 0.29) is 0 Å². The van der Waals surface area contributed by atoms with E-state index in [9.17, 15) is 0 Å². The van der Waals surface area contributed by atoms with Crippen LogP contribution in [0.4, 0.5) is 0 Å². The minimum Gasteiger partial charge on any atom is -0.490 e. The second kappa shape index (κ2) is 7.32. The monoisotopic (exact) mass is 220 g/mol. The summed E-state index contributed by atoms with van der Waals surface area (Å²) in [6, 6.07) is 10.2. The fraction of sp³-hybridized carbons (Fsp3) is 0.600. The summed E-state index contributed by atoms with van der Waals surface area (Å²) in [6.07, 6.45) is 5.57. The van der Waals surface area contributed by atoms with Crippen molar-refractivity contribution >= 4 is 0 Å². The molecule has 0 heterocycles. The number of hydrogen-bond donors (Lipinski definition) is 0. The van der Waals surface area contributed by atoms with Crippen LogP contribution < -0.4 is 4.74 Å². The minimum atomic E-state index is 0.446. The Bertz CT molecular complexity index is 268. The number of ether oxygens (including phenoxy) is 1. The smallest absolute Gasteiger partial charge is 0.119 e. The van der Waals surface area contributed by atoms with Crippen molar-refractivity contribution in [2.45, 2.75) is 52.6 Å². The average Bonchev–Trinajstić information content (AvgIpc) is 2.33. The van der Waals surface area contributed by atoms with Gasteiger partial charge >= 0.3 is 0 Å². The minimum absolute atomic E-state index is 0.446. The van der Waals surface area contributed by atoms with Crippen LogP contribution in [-0.4, -0.2) is 6.10 Å². The van der Waals surface area contributed by atoms with Crippen LogP contribution in [-0.2, 0) is 0 Å². The number of para-hydroxylation sites is 1. The molecule has 2 rings (SSSR count). The van der Waals surface area contributed by atoms with Crippen LogP contribution in [0.3, 0.4) is 0 Å². The number of rotatable bonds is 2. The van der Waals surface area contributed by atoms with E-state index in [4.69, 9.17) is 4.74 Å². The standard InChI is InChI=1S/C13H18O.C2H6/c1-11-6-5-9-13(10-11)14-12-7-3-2-4-8-12;1-2/h2-4,7-8,11,13H,5-6,9-10H2,1H3;1-2H3. The van der Waals surface area contributed by atoms with Gasteiger partial charge in [-0.15, -0.1) is 0 Å². The summed E-state index contributed by atoms with van der Waals surface area (Å²) in [5.41, 5.74) is 0. The van der Waals surface area contributed by atoms with Crippen molar-refractivity contribution in [3.8, 4) is 5.75 Å². The molecule has 2 unspecified atom stereocenters. The molecule has 1 aromatic rings. The SMILES string of the molecule is CC.CC1CCCC(Oc2ccccc2)C1. The van der Waals surface area contributed by atoms with Crippen molar-refractivity contribution in [1.29, 1.82) is 0 Å². The highest BCUT2D eigenvalue weighted by atomic mass is 16.5. The first-order chi connectivity index (χ1) is 7.84. The highest BCUT2D eigenvalue weighted by molar-refractivity contribution is 5.21. The van der Waals surface area contributed by atoms with E-state index in [0.29, 0.717) is 6.10 Å². The van der Waals surface area contributed by atoms with Crippen LogP contribution in [0.5, 0.6) is 5.75 Å². The maximum absolute atomic E-state index is 5.93. The van der Waals surface area contributed by atoms with Crippen LogP contribution in [0, 0.1) is 5.92 Å². The Balaban J connectivity index is 0.000000606. The molecular weight excluding hydrogens is 196 g/mol. The van der Waals surface area contributed by atoms with Gasteiger partial charge in [0.05, 0.1) is 6.10 Å². The molecule has 0 saturated heterocycles. The van der Waals surface area contributed by atoms with Crippen molar-refractivity contribution in [3.63, 3.8) is 0 Å². The highest BCUT2D eigenvalue weighted by Gasteiger charge is 2.19. The normalized spacial score (nSPS) is 24.2. The Labute approximate surface area is 99.8 Å². The Kier molecular flexibility index (Phi) is 5.99. The number of benzene rings is 1. The predicted molar refractivity (Wildman–Crippen MR) is 69.8 cm³/mol. The van der Waals surface area contributed by atoms with E-state index in [0.717, 1.165) is 11.7 Å². The molecule has 0 aromatic heterocycles. The van der Waals surface area contributed by atoms with Crippen molar-refractivity contribution < 1.29 is 4.74 Å². The van der Waals surface area contributed by atoms with Gasteiger partial charge in [0.15, 0.2) is 0 Å². The van der Waals surface area contributed by atoms with Gasteiger partial charge in [-0.2, -0.15) is 0 Å². The summed E-state index contributed by atoms with van der Waals surface area (Å²) in [7, 11) is 0. The summed E-state index contributed by atoms with van der Waals surface area (Å²) in [5.74, 6) is 1.85. The first-order valence-electron chi connectivity index (χ1n) is 6.56. The van der Waals surface area contributed by atoms with Gasteiger partial charge in [-0.1, -0.05) is 45.4 Å². The van der Waals surface area contributed by atoms with E-state index in [2.05, 4.69) is 6.92 Å². The average molecular weight is 220 g/mol. The van der Waals surface area contributed by atoms with E-state index in [1.807, 2.05) is 44.2 Å². The lowest BCUT2D eigenvalue weighted by atomic mass is 9.89. The van der Waals surface area contributed by atoms with Gasteiger partial charge < -0.3 is 4.74 Å². The third-order valence-electron chi connectivity index (χ3n) is 2.93. The van der Waals surface area contributed by atoms with Gasteiger partial charge in [-0.3, -0.25) is 0 Å². The molecule has 1 aliphatic carbocycles. The van der Waals surface area contributed by atoms with Gasteiger partial charge in [0.25, 0.3) is 0 Å². The van der Waals surface area contributed by atoms with Gasteiger partial charge in [0.2, 0.25) is 0 Å². The quantitative estimate of drug-likeness (QED) is 0.703. The first-order valence-corrected chi connectivity index (χ1v) is 6.56. The lowest BCUT2D eigenvalue weighted by Gasteiger charge is -2.27. The van der Waals surface area contributed by atoms with Crippen LogP contribution in [0.2, 0.25) is 0 Å². The zero-order chi connectivity index (χ0) is 11.8. The first kappa shape index (κ1) is 13.1. The van der Waals surface area contributed by atoms with Gasteiger partial charge in [-0.25, -0.2) is 0 Å². The van der Waals surface area contributed by atoms with Gasteiger partial charge in [0, 0.05) is 0 Å². The lowest BCUT2D eigenvalue weighted by molar-refractivity contribution is 0.129. The summed E-state index contributed by atoms with van der Waals surface area (Å²) in [4.78, 5) is 0. The molecular formula is C15H24O. The Morgan fingerprint density at radius 1 is 1.06 bits per heavy atom. The van der Waals surface area contributed by atoms with E-state index < -0.39 is 0 Å². The highest BCUT2D eigenvalue weighted by Crippen LogP contribution is 2.27. The Morgan fingerprint density at radius 2 is 1.75 bits per heavy atom. The molecule has 0 amide bonds. The summed E-state index contributed by atoms with van der Waals surface area (Å²) in [6.45, 7) is 6.32. The lowest BCUT2D eigenvalue weighted by Crippen LogP contribution is -2.23. The molecule has 1 saturated carbocycles. The zero-order valence-corrected chi connectivity index (χ0v) is 10.8. The van der Waals surface area contributed by atoms with Crippen molar-refractivity contribution in [2.24, 2.45) is 5.92 Å². The second-order valence-electron chi connectivity index (χ2n) is 4.32. The molecule has 1 nitrogen and oxygen atoms in total. The zero-order valence-electron chi connectivity index (χ0n) is 10.8. The molecule has 16 heavy (non-hydrogen) atoms. The summed E-state index contributed by atoms with van der Waals surface area (Å²) < 4.78 is 5.93. The van der Waals surface area contributed by atoms with Crippen molar-refractivity contribution in [1.82, 2.24) is 0 Å². The molecule has 0 spiro atoms. The summed E-state index contributed by atoms with van der Waals surface area (Å²) >= 11 is 0. The Morgan fingerprint density at radius 3 is 2.38 bits per heavy atom. The summed E-state index contributed by atoms with van der Waals surface area (Å²) in [5, 5.41) is 0. The number of hydrogen-bond acceptors (Lipinski definition) is 1. The van der Waals surface area contributed by atoms with Crippen molar-refractivity contribution in [3.05, 3.63) is 30.3 Å². The molecule has 1 fully saturated rings. The fourth-order valence-electron chi connectivity index (χ4n) is 2.18. The molecule has 0 aliphatic heterocycles. The van der Waals surface area contributed by atoms with E-state index in [1.54, 1.807) is 0 Å². The molecule has 2 atom stereocenters.